The summed E-state index contributed by atoms with van der Waals surface area (Å²) in [6, 6.07) is 5.96. The number of likely N-dealkylation sites (tertiary alicyclic amines) is 1. The van der Waals surface area contributed by atoms with Gasteiger partial charge in [-0.3, -0.25) is 4.79 Å². The molecule has 0 N–H and O–H groups in total. The number of rotatable bonds is 1. The number of amides is 1. The lowest BCUT2D eigenvalue weighted by Crippen LogP contribution is -2.49. The summed E-state index contributed by atoms with van der Waals surface area (Å²) in [5, 5.41) is 8.16. The van der Waals surface area contributed by atoms with Crippen molar-refractivity contribution < 1.29 is 9.53 Å². The fourth-order valence-corrected chi connectivity index (χ4v) is 3.42. The van der Waals surface area contributed by atoms with Crippen LogP contribution in [-0.2, 0) is 11.3 Å². The number of hydrogen-bond donors (Lipinski definition) is 0. The zero-order valence-electron chi connectivity index (χ0n) is 13.4. The van der Waals surface area contributed by atoms with Crippen molar-refractivity contribution in [2.75, 3.05) is 13.1 Å². The molecule has 1 saturated heterocycles. The van der Waals surface area contributed by atoms with Crippen molar-refractivity contribution in [1.82, 2.24) is 19.9 Å². The molecule has 0 spiro atoms. The zero-order valence-corrected chi connectivity index (χ0v) is 13.4. The Hall–Kier alpha value is -2.21. The van der Waals surface area contributed by atoms with Gasteiger partial charge in [0.25, 0.3) is 5.91 Å². The van der Waals surface area contributed by atoms with Gasteiger partial charge in [-0.15, -0.1) is 5.10 Å². The minimum Gasteiger partial charge on any atom is -0.370 e. The van der Waals surface area contributed by atoms with Gasteiger partial charge in [0.05, 0.1) is 30.6 Å². The van der Waals surface area contributed by atoms with Crippen LogP contribution in [-0.4, -0.2) is 45.0 Å². The van der Waals surface area contributed by atoms with E-state index in [-0.39, 0.29) is 18.1 Å². The Balaban J connectivity index is 1.57. The van der Waals surface area contributed by atoms with Crippen LogP contribution in [0.5, 0.6) is 0 Å². The third kappa shape index (κ3) is 2.43. The summed E-state index contributed by atoms with van der Waals surface area (Å²) in [7, 11) is 0. The van der Waals surface area contributed by atoms with Gasteiger partial charge in [0.15, 0.2) is 0 Å². The van der Waals surface area contributed by atoms with Crippen LogP contribution in [0.3, 0.4) is 0 Å². The van der Waals surface area contributed by atoms with Crippen molar-refractivity contribution in [2.24, 2.45) is 0 Å². The normalized spacial score (nSPS) is 23.3. The lowest BCUT2D eigenvalue weighted by atomic mass is 9.99. The minimum absolute atomic E-state index is 0.0606. The van der Waals surface area contributed by atoms with E-state index in [1.807, 2.05) is 34.7 Å². The van der Waals surface area contributed by atoms with Gasteiger partial charge in [0.1, 0.15) is 0 Å². The van der Waals surface area contributed by atoms with Crippen LogP contribution < -0.4 is 0 Å². The molecule has 23 heavy (non-hydrogen) atoms. The van der Waals surface area contributed by atoms with E-state index >= 15 is 0 Å². The number of aromatic nitrogens is 3. The Bertz CT molecular complexity index is 755. The molecule has 2 aliphatic rings. The summed E-state index contributed by atoms with van der Waals surface area (Å²) in [6.07, 6.45) is 2.69. The third-order valence-electron chi connectivity index (χ3n) is 4.97. The summed E-state index contributed by atoms with van der Waals surface area (Å²) in [4.78, 5) is 14.7. The molecule has 4 rings (SSSR count). The third-order valence-corrected chi connectivity index (χ3v) is 4.97. The molecule has 1 aromatic carbocycles. The highest BCUT2D eigenvalue weighted by Crippen LogP contribution is 2.30. The van der Waals surface area contributed by atoms with Crippen molar-refractivity contribution in [3.8, 4) is 0 Å². The zero-order chi connectivity index (χ0) is 16.0. The molecular weight excluding hydrogens is 292 g/mol. The Morgan fingerprint density at radius 2 is 2.17 bits per heavy atom. The van der Waals surface area contributed by atoms with E-state index in [0.717, 1.165) is 29.8 Å². The van der Waals surface area contributed by atoms with Gasteiger partial charge in [0, 0.05) is 18.7 Å². The van der Waals surface area contributed by atoms with E-state index in [1.165, 1.54) is 5.56 Å². The van der Waals surface area contributed by atoms with Crippen molar-refractivity contribution >= 4 is 5.91 Å². The smallest absolute Gasteiger partial charge is 0.253 e. The highest BCUT2D eigenvalue weighted by molar-refractivity contribution is 5.94. The Labute approximate surface area is 135 Å². The fourth-order valence-electron chi connectivity index (χ4n) is 3.42. The van der Waals surface area contributed by atoms with Crippen molar-refractivity contribution in [1.29, 1.82) is 0 Å². The fraction of sp³-hybridized carbons (Fsp3) is 0.471. The number of piperidine rings is 1. The van der Waals surface area contributed by atoms with Gasteiger partial charge >= 0.3 is 0 Å². The van der Waals surface area contributed by atoms with Gasteiger partial charge in [-0.2, -0.15) is 0 Å². The maximum Gasteiger partial charge on any atom is 0.253 e. The number of fused-ring (bicyclic) bond motifs is 3. The standard InChI is InChI=1S/C17H20N4O2/c1-11-3-4-13(7-12(11)2)17(22)20-6-5-16-15(9-20)21-14(10-23-16)8-18-19-21/h3-4,7-8,15-16H,5-6,9-10H2,1-2H3/t15-,16-/m1/s1. The predicted octanol–water partition coefficient (Wildman–Crippen LogP) is 1.88. The van der Waals surface area contributed by atoms with Gasteiger partial charge < -0.3 is 9.64 Å². The van der Waals surface area contributed by atoms with Crippen LogP contribution in [0.1, 0.15) is 39.6 Å². The Morgan fingerprint density at radius 3 is 3.00 bits per heavy atom. The second-order valence-electron chi connectivity index (χ2n) is 6.43. The van der Waals surface area contributed by atoms with Crippen LogP contribution in [0.2, 0.25) is 0 Å². The van der Waals surface area contributed by atoms with Gasteiger partial charge in [0.2, 0.25) is 0 Å². The molecule has 0 radical (unpaired) electrons. The van der Waals surface area contributed by atoms with E-state index in [4.69, 9.17) is 4.74 Å². The van der Waals surface area contributed by atoms with Crippen molar-refractivity contribution in [3.63, 3.8) is 0 Å². The molecule has 1 fully saturated rings. The quantitative estimate of drug-likeness (QED) is 0.807. The lowest BCUT2D eigenvalue weighted by Gasteiger charge is -2.41. The molecule has 0 saturated carbocycles. The summed E-state index contributed by atoms with van der Waals surface area (Å²) in [6.45, 7) is 5.98. The summed E-state index contributed by atoms with van der Waals surface area (Å²) < 4.78 is 7.82. The van der Waals surface area contributed by atoms with Gasteiger partial charge in [-0.05, 0) is 43.5 Å². The van der Waals surface area contributed by atoms with Gasteiger partial charge in [-0.25, -0.2) is 4.68 Å². The van der Waals surface area contributed by atoms with E-state index in [0.29, 0.717) is 13.2 Å². The number of ether oxygens (including phenoxy) is 1. The molecule has 120 valence electrons. The molecule has 0 bridgehead atoms. The summed E-state index contributed by atoms with van der Waals surface area (Å²) in [5.41, 5.74) is 4.08. The average Bonchev–Trinajstić information content (AvgIpc) is 3.05. The van der Waals surface area contributed by atoms with E-state index in [9.17, 15) is 4.79 Å². The molecule has 2 atom stereocenters. The monoisotopic (exact) mass is 312 g/mol. The summed E-state index contributed by atoms with van der Waals surface area (Å²) >= 11 is 0. The maximum atomic E-state index is 12.8. The number of carbonyl (C=O) groups is 1. The second-order valence-corrected chi connectivity index (χ2v) is 6.43. The number of benzene rings is 1. The first-order chi connectivity index (χ1) is 11.1. The topological polar surface area (TPSA) is 60.3 Å². The lowest BCUT2D eigenvalue weighted by molar-refractivity contribution is -0.0605. The molecule has 2 aromatic rings. The van der Waals surface area contributed by atoms with E-state index < -0.39 is 0 Å². The first-order valence-electron chi connectivity index (χ1n) is 8.00. The highest BCUT2D eigenvalue weighted by atomic mass is 16.5. The van der Waals surface area contributed by atoms with E-state index in [1.54, 1.807) is 6.20 Å². The highest BCUT2D eigenvalue weighted by Gasteiger charge is 2.38. The number of hydrogen-bond acceptors (Lipinski definition) is 4. The van der Waals surface area contributed by atoms with Crippen LogP contribution in [0, 0.1) is 13.8 Å². The average molecular weight is 312 g/mol. The van der Waals surface area contributed by atoms with E-state index in [2.05, 4.69) is 17.2 Å². The molecular formula is C17H20N4O2. The minimum atomic E-state index is 0.0606. The predicted molar refractivity (Wildman–Crippen MR) is 84.1 cm³/mol. The molecule has 0 aliphatic carbocycles. The van der Waals surface area contributed by atoms with Gasteiger partial charge in [-0.1, -0.05) is 11.3 Å². The Morgan fingerprint density at radius 1 is 1.30 bits per heavy atom. The molecule has 6 nitrogen and oxygen atoms in total. The molecule has 1 amide bonds. The molecule has 6 heteroatoms. The molecule has 1 aromatic heterocycles. The van der Waals surface area contributed by atoms with Crippen molar-refractivity contribution in [2.45, 2.75) is 39.0 Å². The van der Waals surface area contributed by atoms with Crippen molar-refractivity contribution in [3.05, 3.63) is 46.8 Å². The number of nitrogens with zero attached hydrogens (tertiary/aromatic N) is 4. The van der Waals surface area contributed by atoms with Crippen LogP contribution in [0.25, 0.3) is 0 Å². The number of carbonyl (C=O) groups excluding carboxylic acids is 1. The SMILES string of the molecule is Cc1ccc(C(=O)N2CC[C@H]3OCc4cnnn4[C@@H]3C2)cc1C. The first kappa shape index (κ1) is 14.4. The first-order valence-corrected chi connectivity index (χ1v) is 8.00. The molecule has 2 aliphatic heterocycles. The molecule has 0 unspecified atom stereocenters. The maximum absolute atomic E-state index is 12.8. The molecule has 3 heterocycles. The van der Waals surface area contributed by atoms with Crippen LogP contribution >= 0.6 is 0 Å². The second kappa shape index (κ2) is 5.45. The Kier molecular flexibility index (Phi) is 3.41. The van der Waals surface area contributed by atoms with Crippen LogP contribution in [0.4, 0.5) is 0 Å². The number of aryl methyl sites for hydroxylation is 2. The largest absolute Gasteiger partial charge is 0.370 e. The van der Waals surface area contributed by atoms with Crippen LogP contribution in [0.15, 0.2) is 24.4 Å². The summed E-state index contributed by atoms with van der Waals surface area (Å²) in [5.74, 6) is 0.0822.